The van der Waals surface area contributed by atoms with Crippen molar-refractivity contribution in [2.75, 3.05) is 5.32 Å². The molecule has 0 saturated carbocycles. The van der Waals surface area contributed by atoms with Crippen LogP contribution in [0.15, 0.2) is 48.5 Å². The summed E-state index contributed by atoms with van der Waals surface area (Å²) >= 11 is 0. The molecule has 0 atom stereocenters. The minimum absolute atomic E-state index is 0.0377. The van der Waals surface area contributed by atoms with Crippen molar-refractivity contribution >= 4 is 29.5 Å². The first-order chi connectivity index (χ1) is 11.3. The molecule has 6 nitrogen and oxygen atoms in total. The van der Waals surface area contributed by atoms with Gasteiger partial charge in [0, 0.05) is 22.9 Å². The zero-order valence-electron chi connectivity index (χ0n) is 12.5. The van der Waals surface area contributed by atoms with E-state index in [2.05, 4.69) is 5.32 Å². The van der Waals surface area contributed by atoms with Gasteiger partial charge in [-0.15, -0.1) is 0 Å². The maximum atomic E-state index is 13.1. The maximum Gasteiger partial charge on any atom is 0.248 e. The van der Waals surface area contributed by atoms with Crippen LogP contribution in [-0.2, 0) is 4.79 Å². The van der Waals surface area contributed by atoms with Crippen molar-refractivity contribution in [3.05, 3.63) is 71.0 Å². The van der Waals surface area contributed by atoms with Gasteiger partial charge >= 0.3 is 0 Å². The summed E-state index contributed by atoms with van der Waals surface area (Å²) in [7, 11) is 0. The molecule has 2 aromatic carbocycles. The topological polar surface area (TPSA) is 115 Å². The first-order valence-corrected chi connectivity index (χ1v) is 6.84. The zero-order valence-corrected chi connectivity index (χ0v) is 12.5. The van der Waals surface area contributed by atoms with Crippen LogP contribution in [0.4, 0.5) is 10.1 Å². The predicted molar refractivity (Wildman–Crippen MR) is 87.5 cm³/mol. The third-order valence-corrected chi connectivity index (χ3v) is 3.05. The molecular weight excluding hydrogens is 313 g/mol. The molecule has 0 radical (unpaired) electrons. The lowest BCUT2D eigenvalue weighted by Crippen LogP contribution is -2.17. The number of hydrogen-bond donors (Lipinski definition) is 3. The SMILES string of the molecule is NC(=O)c1cc(NC(=O)/C=C/c2cccc(F)c2)cc(C(N)=O)c1. The van der Waals surface area contributed by atoms with Crippen LogP contribution in [0.25, 0.3) is 6.08 Å². The molecule has 2 rings (SSSR count). The number of primary amides is 2. The van der Waals surface area contributed by atoms with E-state index in [0.717, 1.165) is 0 Å². The molecule has 3 amide bonds. The van der Waals surface area contributed by atoms with Crippen LogP contribution >= 0.6 is 0 Å². The lowest BCUT2D eigenvalue weighted by Gasteiger charge is -2.06. The molecule has 0 aliphatic carbocycles. The first-order valence-electron chi connectivity index (χ1n) is 6.84. The number of nitrogens with one attached hydrogen (secondary N) is 1. The second-order valence-corrected chi connectivity index (χ2v) is 4.91. The fourth-order valence-electron chi connectivity index (χ4n) is 1.95. The normalized spacial score (nSPS) is 10.5. The van der Waals surface area contributed by atoms with Crippen LogP contribution in [0.1, 0.15) is 26.3 Å². The van der Waals surface area contributed by atoms with Crippen molar-refractivity contribution in [3.63, 3.8) is 0 Å². The summed E-state index contributed by atoms with van der Waals surface area (Å²) in [6.07, 6.45) is 2.61. The van der Waals surface area contributed by atoms with E-state index in [4.69, 9.17) is 11.5 Å². The van der Waals surface area contributed by atoms with E-state index in [1.807, 2.05) is 0 Å². The summed E-state index contributed by atoms with van der Waals surface area (Å²) in [5, 5.41) is 2.48. The Morgan fingerprint density at radius 3 is 2.12 bits per heavy atom. The summed E-state index contributed by atoms with van der Waals surface area (Å²) in [6.45, 7) is 0. The van der Waals surface area contributed by atoms with Crippen LogP contribution in [0, 0.1) is 5.82 Å². The lowest BCUT2D eigenvalue weighted by atomic mass is 10.1. The highest BCUT2D eigenvalue weighted by molar-refractivity contribution is 6.05. The number of anilines is 1. The Bertz CT molecular complexity index is 814. The maximum absolute atomic E-state index is 13.1. The van der Waals surface area contributed by atoms with E-state index in [1.54, 1.807) is 6.07 Å². The predicted octanol–water partition coefficient (Wildman–Crippen LogP) is 1.68. The summed E-state index contributed by atoms with van der Waals surface area (Å²) in [5.41, 5.74) is 11.1. The van der Waals surface area contributed by atoms with Crippen LogP contribution in [0.5, 0.6) is 0 Å². The number of carbonyl (C=O) groups excluding carboxylic acids is 3. The summed E-state index contributed by atoms with van der Waals surface area (Å²) in [5.74, 6) is -2.47. The van der Waals surface area contributed by atoms with Gasteiger partial charge in [-0.25, -0.2) is 4.39 Å². The number of halogens is 1. The quantitative estimate of drug-likeness (QED) is 0.725. The number of benzene rings is 2. The number of rotatable bonds is 5. The van der Waals surface area contributed by atoms with E-state index in [9.17, 15) is 18.8 Å². The van der Waals surface area contributed by atoms with Crippen LogP contribution < -0.4 is 16.8 Å². The molecule has 5 N–H and O–H groups in total. The van der Waals surface area contributed by atoms with Crippen molar-refractivity contribution in [2.45, 2.75) is 0 Å². The Hall–Kier alpha value is -3.48. The molecule has 7 heteroatoms. The Morgan fingerprint density at radius 1 is 0.958 bits per heavy atom. The Balaban J connectivity index is 2.19. The van der Waals surface area contributed by atoms with Gasteiger partial charge in [0.15, 0.2) is 0 Å². The Kier molecular flexibility index (Phi) is 5.06. The van der Waals surface area contributed by atoms with Gasteiger partial charge in [0.2, 0.25) is 17.7 Å². The molecule has 0 aromatic heterocycles. The van der Waals surface area contributed by atoms with Gasteiger partial charge in [-0.2, -0.15) is 0 Å². The van der Waals surface area contributed by atoms with Crippen LogP contribution in [0.3, 0.4) is 0 Å². The van der Waals surface area contributed by atoms with Crippen molar-refractivity contribution in [3.8, 4) is 0 Å². The van der Waals surface area contributed by atoms with Crippen molar-refractivity contribution in [1.29, 1.82) is 0 Å². The highest BCUT2D eigenvalue weighted by atomic mass is 19.1. The van der Waals surface area contributed by atoms with E-state index in [0.29, 0.717) is 5.56 Å². The van der Waals surface area contributed by atoms with Crippen LogP contribution in [0.2, 0.25) is 0 Å². The molecule has 122 valence electrons. The first kappa shape index (κ1) is 16.9. The molecule has 0 aliphatic rings. The molecule has 2 aromatic rings. The molecule has 0 heterocycles. The average Bonchev–Trinajstić information content (AvgIpc) is 2.52. The molecule has 0 aliphatic heterocycles. The Morgan fingerprint density at radius 2 is 1.58 bits per heavy atom. The molecule has 0 unspecified atom stereocenters. The minimum atomic E-state index is -0.760. The third kappa shape index (κ3) is 4.51. The smallest absolute Gasteiger partial charge is 0.248 e. The average molecular weight is 327 g/mol. The standard InChI is InChI=1S/C17H14FN3O3/c18-13-3-1-2-10(6-13)4-5-15(22)21-14-8-11(16(19)23)7-12(9-14)17(20)24/h1-9H,(H2,19,23)(H2,20,24)(H,21,22)/b5-4+. The van der Waals surface area contributed by atoms with Crippen LogP contribution in [-0.4, -0.2) is 17.7 Å². The number of carbonyl (C=O) groups is 3. The third-order valence-electron chi connectivity index (χ3n) is 3.05. The number of hydrogen-bond acceptors (Lipinski definition) is 3. The fraction of sp³-hybridized carbons (Fsp3) is 0. The van der Waals surface area contributed by atoms with Gasteiger partial charge in [-0.1, -0.05) is 12.1 Å². The highest BCUT2D eigenvalue weighted by Gasteiger charge is 2.10. The van der Waals surface area contributed by atoms with Gasteiger partial charge in [-0.05, 0) is 42.0 Å². The molecule has 0 fully saturated rings. The molecule has 0 bridgehead atoms. The molecular formula is C17H14FN3O3. The number of amides is 3. The van der Waals surface area contributed by atoms with Gasteiger partial charge in [0.25, 0.3) is 0 Å². The second kappa shape index (κ2) is 7.19. The largest absolute Gasteiger partial charge is 0.366 e. The fourth-order valence-corrected chi connectivity index (χ4v) is 1.95. The Labute approximate surface area is 137 Å². The zero-order chi connectivity index (χ0) is 17.7. The molecule has 24 heavy (non-hydrogen) atoms. The summed E-state index contributed by atoms with van der Waals surface area (Å²) in [6, 6.07) is 9.59. The number of nitrogens with two attached hydrogens (primary N) is 2. The van der Waals surface area contributed by atoms with Gasteiger partial charge in [0.05, 0.1) is 0 Å². The van der Waals surface area contributed by atoms with Crippen molar-refractivity contribution < 1.29 is 18.8 Å². The second-order valence-electron chi connectivity index (χ2n) is 4.91. The van der Waals surface area contributed by atoms with Crippen molar-refractivity contribution in [1.82, 2.24) is 0 Å². The highest BCUT2D eigenvalue weighted by Crippen LogP contribution is 2.15. The van der Waals surface area contributed by atoms with Gasteiger partial charge in [0.1, 0.15) is 5.82 Å². The van der Waals surface area contributed by atoms with E-state index >= 15 is 0 Å². The van der Waals surface area contributed by atoms with E-state index in [-0.39, 0.29) is 16.8 Å². The van der Waals surface area contributed by atoms with Gasteiger partial charge in [-0.3, -0.25) is 14.4 Å². The summed E-state index contributed by atoms with van der Waals surface area (Å²) in [4.78, 5) is 34.4. The summed E-state index contributed by atoms with van der Waals surface area (Å²) < 4.78 is 13.1. The van der Waals surface area contributed by atoms with E-state index < -0.39 is 23.5 Å². The minimum Gasteiger partial charge on any atom is -0.366 e. The monoisotopic (exact) mass is 327 g/mol. The van der Waals surface area contributed by atoms with Crippen molar-refractivity contribution in [2.24, 2.45) is 11.5 Å². The van der Waals surface area contributed by atoms with E-state index in [1.165, 1.54) is 48.6 Å². The lowest BCUT2D eigenvalue weighted by molar-refractivity contribution is -0.111. The molecule has 0 spiro atoms. The molecule has 0 saturated heterocycles. The van der Waals surface area contributed by atoms with Gasteiger partial charge < -0.3 is 16.8 Å².